The van der Waals surface area contributed by atoms with Crippen molar-refractivity contribution in [3.63, 3.8) is 0 Å². The first-order valence-electron chi connectivity index (χ1n) is 7.68. The highest BCUT2D eigenvalue weighted by Gasteiger charge is 2.62. The molecule has 1 atom stereocenters. The number of epoxide rings is 1. The Hall–Kier alpha value is -2.15. The maximum absolute atomic E-state index is 14.4. The molecule has 0 aromatic heterocycles. The van der Waals surface area contributed by atoms with Crippen molar-refractivity contribution in [2.24, 2.45) is 0 Å². The molecule has 1 aliphatic heterocycles. The molecule has 1 aliphatic rings. The Morgan fingerprint density at radius 1 is 0.696 bits per heavy atom. The van der Waals surface area contributed by atoms with Crippen LogP contribution in [0, 0.1) is 0 Å². The van der Waals surface area contributed by atoms with E-state index >= 15 is 0 Å². The van der Waals surface area contributed by atoms with E-state index in [-0.39, 0.29) is 0 Å². The first-order chi connectivity index (χ1) is 11.3. The largest absolute Gasteiger partial charge is 0.355 e. The van der Waals surface area contributed by atoms with Crippen molar-refractivity contribution in [3.8, 4) is 0 Å². The predicted molar refractivity (Wildman–Crippen MR) is 93.8 cm³/mol. The van der Waals surface area contributed by atoms with Crippen LogP contribution in [0.2, 0.25) is 0 Å². The summed E-state index contributed by atoms with van der Waals surface area (Å²) in [4.78, 5) is 0. The molecule has 3 aromatic carbocycles. The van der Waals surface area contributed by atoms with E-state index in [1.54, 1.807) is 0 Å². The highest BCUT2D eigenvalue weighted by Crippen LogP contribution is 2.68. The molecule has 2 nitrogen and oxygen atoms in total. The summed E-state index contributed by atoms with van der Waals surface area (Å²) in [6.07, 6.45) is 0. The van der Waals surface area contributed by atoms with Crippen LogP contribution in [0.5, 0.6) is 0 Å². The molecule has 1 heterocycles. The molecule has 23 heavy (non-hydrogen) atoms. The minimum absolute atomic E-state index is 0.484. The lowest BCUT2D eigenvalue weighted by atomic mass is 10.2. The van der Waals surface area contributed by atoms with Crippen molar-refractivity contribution in [2.75, 3.05) is 6.61 Å². The van der Waals surface area contributed by atoms with Crippen molar-refractivity contribution in [2.45, 2.75) is 5.34 Å². The Bertz CT molecular complexity index is 797. The van der Waals surface area contributed by atoms with Gasteiger partial charge in [-0.2, -0.15) is 0 Å². The molecule has 0 spiro atoms. The second-order valence-electron chi connectivity index (χ2n) is 5.72. The third kappa shape index (κ3) is 2.18. The van der Waals surface area contributed by atoms with Crippen LogP contribution < -0.4 is 10.6 Å². The molecule has 0 amide bonds. The fourth-order valence-corrected chi connectivity index (χ4v) is 6.40. The second kappa shape index (κ2) is 5.49. The quantitative estimate of drug-likeness (QED) is 0.539. The van der Waals surface area contributed by atoms with Crippen LogP contribution in [0.4, 0.5) is 0 Å². The van der Waals surface area contributed by atoms with Gasteiger partial charge in [-0.05, 0) is 5.56 Å². The van der Waals surface area contributed by atoms with Crippen molar-refractivity contribution in [1.82, 2.24) is 0 Å². The van der Waals surface area contributed by atoms with E-state index in [2.05, 4.69) is 0 Å². The Balaban J connectivity index is 1.97. The van der Waals surface area contributed by atoms with Crippen LogP contribution >= 0.6 is 7.14 Å². The van der Waals surface area contributed by atoms with Gasteiger partial charge in [0.2, 0.25) is 0 Å². The van der Waals surface area contributed by atoms with Gasteiger partial charge in [0, 0.05) is 10.6 Å². The van der Waals surface area contributed by atoms with Crippen LogP contribution in [-0.4, -0.2) is 6.61 Å². The van der Waals surface area contributed by atoms with Crippen LogP contribution in [0.25, 0.3) is 0 Å². The average molecular weight is 320 g/mol. The topological polar surface area (TPSA) is 29.6 Å². The van der Waals surface area contributed by atoms with Crippen LogP contribution in [-0.2, 0) is 14.6 Å². The van der Waals surface area contributed by atoms with Crippen LogP contribution in [0.15, 0.2) is 91.0 Å². The predicted octanol–water partition coefficient (Wildman–Crippen LogP) is 3.88. The monoisotopic (exact) mass is 320 g/mol. The van der Waals surface area contributed by atoms with E-state index < -0.39 is 12.5 Å². The Morgan fingerprint density at radius 3 is 1.48 bits per heavy atom. The van der Waals surface area contributed by atoms with E-state index in [1.807, 2.05) is 91.0 Å². The van der Waals surface area contributed by atoms with E-state index in [9.17, 15) is 4.57 Å². The number of hydrogen-bond acceptors (Lipinski definition) is 2. The van der Waals surface area contributed by atoms with Gasteiger partial charge in [0.1, 0.15) is 0 Å². The van der Waals surface area contributed by atoms with Crippen LogP contribution in [0.1, 0.15) is 5.56 Å². The molecule has 1 saturated heterocycles. The van der Waals surface area contributed by atoms with E-state index in [1.165, 1.54) is 0 Å². The molecule has 1 unspecified atom stereocenters. The molecule has 3 heteroatoms. The molecule has 0 aliphatic carbocycles. The fraction of sp³-hybridized carbons (Fsp3) is 0.100. The maximum atomic E-state index is 14.4. The molecule has 0 saturated carbocycles. The lowest BCUT2D eigenvalue weighted by molar-refractivity contribution is 0.377. The van der Waals surface area contributed by atoms with Gasteiger partial charge in [0.05, 0.1) is 6.61 Å². The Kier molecular flexibility index (Phi) is 3.45. The Labute approximate surface area is 136 Å². The molecule has 0 radical (unpaired) electrons. The minimum Gasteiger partial charge on any atom is -0.355 e. The van der Waals surface area contributed by atoms with Gasteiger partial charge in [-0.15, -0.1) is 0 Å². The second-order valence-corrected chi connectivity index (χ2v) is 8.69. The summed E-state index contributed by atoms with van der Waals surface area (Å²) in [5, 5.41) is 0.942. The van der Waals surface area contributed by atoms with Gasteiger partial charge in [-0.3, -0.25) is 0 Å². The summed E-state index contributed by atoms with van der Waals surface area (Å²) in [5.41, 5.74) is 0.982. The summed E-state index contributed by atoms with van der Waals surface area (Å²) >= 11 is 0. The molecule has 1 fully saturated rings. The van der Waals surface area contributed by atoms with E-state index in [0.29, 0.717) is 6.61 Å². The van der Waals surface area contributed by atoms with Gasteiger partial charge in [-0.25, -0.2) is 0 Å². The third-order valence-corrected chi connectivity index (χ3v) is 7.98. The molecule has 114 valence electrons. The lowest BCUT2D eigenvalue weighted by Crippen LogP contribution is -2.27. The normalized spacial score (nSPS) is 20.2. The zero-order valence-corrected chi connectivity index (χ0v) is 13.5. The first-order valence-corrected chi connectivity index (χ1v) is 9.39. The third-order valence-electron chi connectivity index (χ3n) is 4.39. The standard InChI is InChI=1S/C20H17O2P/c21-23(18-12-6-2-7-13-18,19-14-8-3-9-15-19)20(16-22-20)17-10-4-1-5-11-17/h1-15H,16H2. The molecule has 0 N–H and O–H groups in total. The molecular formula is C20H17O2P. The van der Waals surface area contributed by atoms with E-state index in [4.69, 9.17) is 4.74 Å². The Morgan fingerprint density at radius 2 is 1.09 bits per heavy atom. The summed E-state index contributed by atoms with van der Waals surface area (Å²) in [6, 6.07) is 29.3. The highest BCUT2D eigenvalue weighted by molar-refractivity contribution is 7.79. The van der Waals surface area contributed by atoms with Gasteiger partial charge < -0.3 is 9.30 Å². The van der Waals surface area contributed by atoms with Crippen molar-refractivity contribution in [3.05, 3.63) is 96.6 Å². The smallest absolute Gasteiger partial charge is 0.180 e. The van der Waals surface area contributed by atoms with Crippen molar-refractivity contribution in [1.29, 1.82) is 0 Å². The number of benzene rings is 3. The zero-order valence-electron chi connectivity index (χ0n) is 12.6. The summed E-state index contributed by atoms with van der Waals surface area (Å²) in [7, 11) is -2.96. The zero-order chi connectivity index (χ0) is 15.8. The molecular weight excluding hydrogens is 303 g/mol. The van der Waals surface area contributed by atoms with Crippen molar-refractivity contribution >= 4 is 17.8 Å². The molecule has 0 bridgehead atoms. The summed E-state index contributed by atoms with van der Waals surface area (Å²) in [5.74, 6) is 0. The van der Waals surface area contributed by atoms with E-state index in [0.717, 1.165) is 16.2 Å². The average Bonchev–Trinajstić information content (AvgIpc) is 3.46. The molecule has 4 rings (SSSR count). The number of hydrogen-bond donors (Lipinski definition) is 0. The van der Waals surface area contributed by atoms with Gasteiger partial charge in [-0.1, -0.05) is 91.0 Å². The maximum Gasteiger partial charge on any atom is 0.180 e. The van der Waals surface area contributed by atoms with Crippen LogP contribution in [0.3, 0.4) is 0 Å². The number of ether oxygens (including phenoxy) is 1. The first kappa shape index (κ1) is 14.4. The summed E-state index contributed by atoms with van der Waals surface area (Å²) < 4.78 is 20.3. The SMILES string of the molecule is O=P(c1ccccc1)(c1ccccc1)C1(c2ccccc2)CO1. The van der Waals surface area contributed by atoms with Crippen molar-refractivity contribution < 1.29 is 9.30 Å². The van der Waals surface area contributed by atoms with Gasteiger partial charge in [0.25, 0.3) is 0 Å². The van der Waals surface area contributed by atoms with Gasteiger partial charge in [0.15, 0.2) is 12.5 Å². The number of rotatable bonds is 4. The van der Waals surface area contributed by atoms with Gasteiger partial charge >= 0.3 is 0 Å². The lowest BCUT2D eigenvalue weighted by Gasteiger charge is -2.26. The highest BCUT2D eigenvalue weighted by atomic mass is 31.2. The minimum atomic E-state index is -2.96. The fourth-order valence-electron chi connectivity index (χ4n) is 3.14. The summed E-state index contributed by atoms with van der Waals surface area (Å²) in [6.45, 7) is 0.484. The molecule has 3 aromatic rings.